The number of esters is 1. The van der Waals surface area contributed by atoms with E-state index < -0.39 is 18.0 Å². The summed E-state index contributed by atoms with van der Waals surface area (Å²) in [7, 11) is 0. The van der Waals surface area contributed by atoms with Crippen LogP contribution in [-0.4, -0.2) is 36.3 Å². The number of carbonyl (C=O) groups excluding carboxylic acids is 2. The minimum absolute atomic E-state index is 0.00248. The quantitative estimate of drug-likeness (QED) is 0.659. The van der Waals surface area contributed by atoms with Gasteiger partial charge in [0, 0.05) is 11.8 Å². The van der Waals surface area contributed by atoms with Crippen molar-refractivity contribution in [2.75, 3.05) is 18.5 Å². The number of anilines is 1. The van der Waals surface area contributed by atoms with Crippen LogP contribution < -0.4 is 14.8 Å². The maximum absolute atomic E-state index is 12.5. The number of fused-ring (bicyclic) bond motifs is 2. The largest absolute Gasteiger partial charge is 0.507 e. The minimum atomic E-state index is -1.07. The molecule has 1 aliphatic heterocycles. The molecule has 2 N–H and O–H groups in total. The minimum Gasteiger partial charge on any atom is -0.507 e. The van der Waals surface area contributed by atoms with Gasteiger partial charge in [0.15, 0.2) is 17.6 Å². The van der Waals surface area contributed by atoms with E-state index in [1.807, 2.05) is 24.3 Å². The lowest BCUT2D eigenvalue weighted by Crippen LogP contribution is -2.30. The molecule has 0 saturated heterocycles. The molecule has 1 atom stereocenters. The molecular formula is C22H19NO6. The number of carbonyl (C=O) groups is 2. The molecule has 7 nitrogen and oxygen atoms in total. The predicted molar refractivity (Wildman–Crippen MR) is 107 cm³/mol. The summed E-state index contributed by atoms with van der Waals surface area (Å²) < 4.78 is 16.2. The van der Waals surface area contributed by atoms with Gasteiger partial charge in [0.2, 0.25) is 0 Å². The van der Waals surface area contributed by atoms with Crippen LogP contribution in [0.2, 0.25) is 0 Å². The zero-order valence-electron chi connectivity index (χ0n) is 15.7. The monoisotopic (exact) mass is 393 g/mol. The second-order valence-electron chi connectivity index (χ2n) is 6.61. The van der Waals surface area contributed by atoms with Crippen LogP contribution in [0.5, 0.6) is 17.2 Å². The second kappa shape index (κ2) is 7.71. The number of phenolic OH excluding ortho intramolecular Hbond substituents is 1. The molecule has 1 aliphatic rings. The molecule has 1 heterocycles. The third kappa shape index (κ3) is 3.94. The van der Waals surface area contributed by atoms with Gasteiger partial charge >= 0.3 is 5.97 Å². The number of rotatable bonds is 4. The fourth-order valence-electron chi connectivity index (χ4n) is 3.03. The summed E-state index contributed by atoms with van der Waals surface area (Å²) in [6.07, 6.45) is -1.07. The maximum Gasteiger partial charge on any atom is 0.342 e. The molecule has 0 aromatic heterocycles. The van der Waals surface area contributed by atoms with Crippen molar-refractivity contribution in [2.24, 2.45) is 0 Å². The van der Waals surface area contributed by atoms with Crippen LogP contribution in [0, 0.1) is 0 Å². The van der Waals surface area contributed by atoms with E-state index in [2.05, 4.69) is 5.32 Å². The summed E-state index contributed by atoms with van der Waals surface area (Å²) in [5, 5.41) is 14.4. The highest BCUT2D eigenvalue weighted by atomic mass is 16.6. The molecule has 0 unspecified atom stereocenters. The molecule has 4 rings (SSSR count). The van der Waals surface area contributed by atoms with Crippen LogP contribution in [0.4, 0.5) is 5.69 Å². The Morgan fingerprint density at radius 3 is 2.45 bits per heavy atom. The van der Waals surface area contributed by atoms with E-state index in [0.29, 0.717) is 30.4 Å². The van der Waals surface area contributed by atoms with Crippen LogP contribution in [-0.2, 0) is 9.53 Å². The zero-order chi connectivity index (χ0) is 20.4. The molecule has 148 valence electrons. The van der Waals surface area contributed by atoms with E-state index in [9.17, 15) is 14.7 Å². The van der Waals surface area contributed by atoms with Gasteiger partial charge in [-0.15, -0.1) is 0 Å². The van der Waals surface area contributed by atoms with Crippen LogP contribution in [0.25, 0.3) is 10.8 Å². The van der Waals surface area contributed by atoms with Crippen LogP contribution >= 0.6 is 0 Å². The molecule has 0 spiro atoms. The fourth-order valence-corrected chi connectivity index (χ4v) is 3.03. The van der Waals surface area contributed by atoms with Crippen molar-refractivity contribution in [2.45, 2.75) is 13.0 Å². The van der Waals surface area contributed by atoms with Gasteiger partial charge in [0.25, 0.3) is 5.91 Å². The Labute approximate surface area is 166 Å². The third-order valence-electron chi connectivity index (χ3n) is 4.55. The second-order valence-corrected chi connectivity index (χ2v) is 6.61. The van der Waals surface area contributed by atoms with Gasteiger partial charge in [0.05, 0.1) is 0 Å². The van der Waals surface area contributed by atoms with Crippen molar-refractivity contribution in [3.63, 3.8) is 0 Å². The summed E-state index contributed by atoms with van der Waals surface area (Å²) in [6.45, 7) is 2.38. The Kier molecular flexibility index (Phi) is 4.95. The standard InChI is InChI=1S/C22H19NO6/c1-13(21(25)23-16-6-7-19-20(12-16)28-9-8-27-19)29-22(26)17-10-14-4-2-3-5-15(14)11-18(17)24/h2-7,10-13,24H,8-9H2,1H3,(H,23,25)/t13-/m0/s1. The maximum atomic E-state index is 12.5. The van der Waals surface area contributed by atoms with Crippen LogP contribution in [0.15, 0.2) is 54.6 Å². The van der Waals surface area contributed by atoms with Gasteiger partial charge in [-0.25, -0.2) is 4.79 Å². The summed E-state index contributed by atoms with van der Waals surface area (Å²) in [5.74, 6) is -0.332. The van der Waals surface area contributed by atoms with Gasteiger partial charge in [-0.1, -0.05) is 24.3 Å². The number of hydrogen-bond donors (Lipinski definition) is 2. The Balaban J connectivity index is 1.44. The Morgan fingerprint density at radius 2 is 1.69 bits per heavy atom. The van der Waals surface area contributed by atoms with Crippen molar-refractivity contribution in [1.29, 1.82) is 0 Å². The number of nitrogens with one attached hydrogen (secondary N) is 1. The average molecular weight is 393 g/mol. The van der Waals surface area contributed by atoms with Crippen molar-refractivity contribution in [1.82, 2.24) is 0 Å². The molecule has 0 aliphatic carbocycles. The first-order chi connectivity index (χ1) is 14.0. The first-order valence-corrected chi connectivity index (χ1v) is 9.14. The topological polar surface area (TPSA) is 94.1 Å². The highest BCUT2D eigenvalue weighted by Crippen LogP contribution is 2.32. The van der Waals surface area contributed by atoms with Crippen molar-refractivity contribution in [3.8, 4) is 17.2 Å². The van der Waals surface area contributed by atoms with E-state index >= 15 is 0 Å². The third-order valence-corrected chi connectivity index (χ3v) is 4.55. The van der Waals surface area contributed by atoms with E-state index in [4.69, 9.17) is 14.2 Å². The normalized spacial score (nSPS) is 13.6. The lowest BCUT2D eigenvalue weighted by Gasteiger charge is -2.19. The first-order valence-electron chi connectivity index (χ1n) is 9.14. The average Bonchev–Trinajstić information content (AvgIpc) is 2.73. The summed E-state index contributed by atoms with van der Waals surface area (Å²) in [5.41, 5.74) is 0.499. The van der Waals surface area contributed by atoms with E-state index in [1.54, 1.807) is 24.3 Å². The number of ether oxygens (including phenoxy) is 3. The number of phenols is 1. The molecule has 3 aromatic carbocycles. The Morgan fingerprint density at radius 1 is 1.00 bits per heavy atom. The molecule has 7 heteroatoms. The van der Waals surface area contributed by atoms with E-state index in [1.165, 1.54) is 13.0 Å². The molecule has 29 heavy (non-hydrogen) atoms. The molecular weight excluding hydrogens is 374 g/mol. The molecule has 0 fully saturated rings. The number of benzene rings is 3. The van der Waals surface area contributed by atoms with Crippen LogP contribution in [0.1, 0.15) is 17.3 Å². The van der Waals surface area contributed by atoms with Gasteiger partial charge in [-0.3, -0.25) is 4.79 Å². The highest BCUT2D eigenvalue weighted by Gasteiger charge is 2.22. The van der Waals surface area contributed by atoms with Gasteiger partial charge in [0.1, 0.15) is 24.5 Å². The molecule has 3 aromatic rings. The van der Waals surface area contributed by atoms with E-state index in [0.717, 1.165) is 10.8 Å². The van der Waals surface area contributed by atoms with Gasteiger partial charge < -0.3 is 24.6 Å². The van der Waals surface area contributed by atoms with E-state index in [-0.39, 0.29) is 11.3 Å². The van der Waals surface area contributed by atoms with Crippen molar-refractivity contribution < 1.29 is 28.9 Å². The SMILES string of the molecule is C[C@H](OC(=O)c1cc2ccccc2cc1O)C(=O)Nc1ccc2c(c1)OCCO2. The number of aromatic hydroxyl groups is 1. The molecule has 0 radical (unpaired) electrons. The number of hydrogen-bond acceptors (Lipinski definition) is 6. The van der Waals surface area contributed by atoms with Gasteiger partial charge in [-0.05, 0) is 42.0 Å². The Hall–Kier alpha value is -3.74. The molecule has 1 amide bonds. The lowest BCUT2D eigenvalue weighted by molar-refractivity contribution is -0.123. The summed E-state index contributed by atoms with van der Waals surface area (Å²) in [4.78, 5) is 24.9. The Bertz CT molecular complexity index is 1090. The fraction of sp³-hybridized carbons (Fsp3) is 0.182. The lowest BCUT2D eigenvalue weighted by atomic mass is 10.1. The molecule has 0 saturated carbocycles. The van der Waals surface area contributed by atoms with Crippen molar-refractivity contribution >= 4 is 28.3 Å². The number of amides is 1. The predicted octanol–water partition coefficient (Wildman–Crippen LogP) is 3.50. The zero-order valence-corrected chi connectivity index (χ0v) is 15.7. The summed E-state index contributed by atoms with van der Waals surface area (Å²) >= 11 is 0. The highest BCUT2D eigenvalue weighted by molar-refractivity contribution is 6.01. The van der Waals surface area contributed by atoms with Crippen molar-refractivity contribution in [3.05, 3.63) is 60.2 Å². The first kappa shape index (κ1) is 18.6. The molecule has 0 bridgehead atoms. The summed E-state index contributed by atoms with van der Waals surface area (Å²) in [6, 6.07) is 15.4. The van der Waals surface area contributed by atoms with Crippen LogP contribution in [0.3, 0.4) is 0 Å². The van der Waals surface area contributed by atoms with Gasteiger partial charge in [-0.2, -0.15) is 0 Å². The smallest absolute Gasteiger partial charge is 0.342 e.